The Kier molecular flexibility index (Phi) is 7.92. The number of piperidine rings is 1. The molecule has 1 aliphatic heterocycles. The summed E-state index contributed by atoms with van der Waals surface area (Å²) in [5.74, 6) is 1.60. The molecule has 0 spiro atoms. The van der Waals surface area contributed by atoms with E-state index in [-0.39, 0.29) is 0 Å². The molecule has 0 radical (unpaired) electrons. The van der Waals surface area contributed by atoms with Crippen molar-refractivity contribution >= 4 is 12.0 Å². The van der Waals surface area contributed by atoms with E-state index >= 15 is 0 Å². The van der Waals surface area contributed by atoms with Gasteiger partial charge in [0.1, 0.15) is 17.8 Å². The summed E-state index contributed by atoms with van der Waals surface area (Å²) in [6.07, 6.45) is 8.04. The highest BCUT2D eigenvalue weighted by atomic mass is 16.5. The number of aryl methyl sites for hydroxylation is 2. The predicted octanol–water partition coefficient (Wildman–Crippen LogP) is 5.76. The van der Waals surface area contributed by atoms with E-state index < -0.39 is 0 Å². The van der Waals surface area contributed by atoms with Crippen LogP contribution in [0.3, 0.4) is 0 Å². The number of methoxy groups -OCH3 is 1. The molecule has 36 heavy (non-hydrogen) atoms. The van der Waals surface area contributed by atoms with Crippen LogP contribution in [0.2, 0.25) is 0 Å². The van der Waals surface area contributed by atoms with Gasteiger partial charge in [-0.15, -0.1) is 0 Å². The van der Waals surface area contributed by atoms with Gasteiger partial charge in [-0.2, -0.15) is 0 Å². The molecule has 4 rings (SSSR count). The minimum Gasteiger partial charge on any atom is -0.497 e. The molecule has 1 aromatic carbocycles. The molecule has 6 nitrogen and oxygen atoms in total. The lowest BCUT2D eigenvalue weighted by Gasteiger charge is -2.40. The topological polar surface area (TPSA) is 64.6 Å². The lowest BCUT2D eigenvalue weighted by Crippen LogP contribution is -2.38. The first-order chi connectivity index (χ1) is 17.3. The number of benzene rings is 1. The van der Waals surface area contributed by atoms with E-state index in [1.807, 2.05) is 37.4 Å². The van der Waals surface area contributed by atoms with Gasteiger partial charge in [-0.3, -0.25) is 9.97 Å². The van der Waals surface area contributed by atoms with Gasteiger partial charge in [0.25, 0.3) is 0 Å². The van der Waals surface area contributed by atoms with Crippen LogP contribution in [0.15, 0.2) is 42.7 Å². The molecular formula is C30H37N3O3. The minimum absolute atomic E-state index is 0.338. The molecule has 0 bridgehead atoms. The third-order valence-corrected chi connectivity index (χ3v) is 7.29. The van der Waals surface area contributed by atoms with E-state index in [0.717, 1.165) is 78.3 Å². The van der Waals surface area contributed by atoms with Crippen molar-refractivity contribution in [2.45, 2.75) is 53.4 Å². The fourth-order valence-corrected chi connectivity index (χ4v) is 4.83. The van der Waals surface area contributed by atoms with Crippen molar-refractivity contribution in [2.24, 2.45) is 5.41 Å². The number of ether oxygens (including phenoxy) is 2. The van der Waals surface area contributed by atoms with Gasteiger partial charge in [-0.25, -0.2) is 0 Å². The van der Waals surface area contributed by atoms with Crippen LogP contribution in [0, 0.1) is 19.3 Å². The van der Waals surface area contributed by atoms with Crippen molar-refractivity contribution in [2.75, 3.05) is 31.7 Å². The summed E-state index contributed by atoms with van der Waals surface area (Å²) in [6.45, 7) is 11.2. The van der Waals surface area contributed by atoms with Crippen molar-refractivity contribution in [1.82, 2.24) is 9.97 Å². The zero-order valence-electron chi connectivity index (χ0n) is 22.1. The summed E-state index contributed by atoms with van der Waals surface area (Å²) < 4.78 is 11.3. The van der Waals surface area contributed by atoms with E-state index in [4.69, 9.17) is 14.5 Å². The highest BCUT2D eigenvalue weighted by Crippen LogP contribution is 2.39. The molecule has 2 aromatic heterocycles. The molecule has 0 N–H and O–H groups in total. The average molecular weight is 488 g/mol. The first-order valence-electron chi connectivity index (χ1n) is 12.7. The van der Waals surface area contributed by atoms with Crippen LogP contribution >= 0.6 is 0 Å². The number of carbonyl (C=O) groups excluding carboxylic acids is 1. The fraction of sp³-hybridized carbons (Fsp3) is 0.433. The Balaban J connectivity index is 1.52. The maximum Gasteiger partial charge on any atom is 0.137 e. The van der Waals surface area contributed by atoms with Crippen LogP contribution in [-0.4, -0.2) is 43.1 Å². The molecule has 1 aliphatic rings. The van der Waals surface area contributed by atoms with Crippen molar-refractivity contribution in [1.29, 1.82) is 0 Å². The van der Waals surface area contributed by atoms with Gasteiger partial charge in [0.05, 0.1) is 31.3 Å². The Hall–Kier alpha value is -3.41. The Labute approximate surface area is 214 Å². The van der Waals surface area contributed by atoms with Gasteiger partial charge in [-0.05, 0) is 67.5 Å². The van der Waals surface area contributed by atoms with Crippen LogP contribution in [0.5, 0.6) is 11.5 Å². The standard InChI is InChI=1S/C30H37N3O3/c1-21-18-24(35-5)7-6-23(21)11-17-36-25-8-9-28(32-19-25)27-20-31-22(2)26(10-16-34)29(27)33-14-12-30(3,4)13-15-33/h6-9,16,18-20H,10-15,17H2,1-5H3. The third-order valence-electron chi connectivity index (χ3n) is 7.29. The molecule has 0 atom stereocenters. The number of hydrogen-bond donors (Lipinski definition) is 0. The van der Waals surface area contributed by atoms with E-state index in [9.17, 15) is 4.79 Å². The summed E-state index contributed by atoms with van der Waals surface area (Å²) in [5, 5.41) is 0. The van der Waals surface area contributed by atoms with Gasteiger partial charge in [0, 0.05) is 48.9 Å². The van der Waals surface area contributed by atoms with Gasteiger partial charge in [0.15, 0.2) is 0 Å². The zero-order chi connectivity index (χ0) is 25.7. The second kappa shape index (κ2) is 11.1. The first kappa shape index (κ1) is 25.7. The van der Waals surface area contributed by atoms with Crippen molar-refractivity contribution in [3.63, 3.8) is 0 Å². The SMILES string of the molecule is COc1ccc(CCOc2ccc(-c3cnc(C)c(CC=O)c3N3CCC(C)(C)CC3)nc2)c(C)c1. The summed E-state index contributed by atoms with van der Waals surface area (Å²) in [7, 11) is 1.68. The maximum absolute atomic E-state index is 11.5. The summed E-state index contributed by atoms with van der Waals surface area (Å²) >= 11 is 0. The van der Waals surface area contributed by atoms with Gasteiger partial charge in [0.2, 0.25) is 0 Å². The van der Waals surface area contributed by atoms with E-state index in [2.05, 4.69) is 36.7 Å². The molecule has 0 unspecified atom stereocenters. The van der Waals surface area contributed by atoms with Crippen molar-refractivity contribution in [3.8, 4) is 22.8 Å². The number of aldehydes is 1. The molecule has 3 heterocycles. The van der Waals surface area contributed by atoms with Crippen molar-refractivity contribution < 1.29 is 14.3 Å². The van der Waals surface area contributed by atoms with E-state index in [1.54, 1.807) is 13.3 Å². The van der Waals surface area contributed by atoms with E-state index in [1.165, 1.54) is 11.1 Å². The first-order valence-corrected chi connectivity index (χ1v) is 12.7. The quantitative estimate of drug-likeness (QED) is 0.358. The fourth-order valence-electron chi connectivity index (χ4n) is 4.83. The van der Waals surface area contributed by atoms with Crippen LogP contribution < -0.4 is 14.4 Å². The summed E-state index contributed by atoms with van der Waals surface area (Å²) in [5.41, 5.74) is 7.58. The lowest BCUT2D eigenvalue weighted by molar-refractivity contribution is -0.107. The van der Waals surface area contributed by atoms with Crippen LogP contribution in [0.4, 0.5) is 5.69 Å². The monoisotopic (exact) mass is 487 g/mol. The molecule has 0 amide bonds. The number of rotatable bonds is 9. The Bertz CT molecular complexity index is 1190. The second-order valence-electron chi connectivity index (χ2n) is 10.4. The summed E-state index contributed by atoms with van der Waals surface area (Å²) in [4.78, 5) is 23.3. The Morgan fingerprint density at radius 3 is 2.42 bits per heavy atom. The second-order valence-corrected chi connectivity index (χ2v) is 10.4. The molecule has 1 saturated heterocycles. The van der Waals surface area contributed by atoms with Gasteiger partial charge >= 0.3 is 0 Å². The molecule has 0 saturated carbocycles. The maximum atomic E-state index is 11.5. The smallest absolute Gasteiger partial charge is 0.137 e. The molecule has 1 fully saturated rings. The third kappa shape index (κ3) is 5.86. The normalized spacial score (nSPS) is 15.0. The molecule has 6 heteroatoms. The number of nitrogens with zero attached hydrogens (tertiary/aromatic N) is 3. The number of anilines is 1. The summed E-state index contributed by atoms with van der Waals surface area (Å²) in [6, 6.07) is 10.1. The zero-order valence-corrected chi connectivity index (χ0v) is 22.1. The van der Waals surface area contributed by atoms with Crippen molar-refractivity contribution in [3.05, 3.63) is 65.1 Å². The highest BCUT2D eigenvalue weighted by molar-refractivity contribution is 5.81. The number of pyridine rings is 2. The number of carbonyl (C=O) groups is 1. The highest BCUT2D eigenvalue weighted by Gasteiger charge is 2.29. The molecule has 190 valence electrons. The largest absolute Gasteiger partial charge is 0.497 e. The van der Waals surface area contributed by atoms with E-state index in [0.29, 0.717) is 18.4 Å². The van der Waals surface area contributed by atoms with Gasteiger partial charge in [-0.1, -0.05) is 19.9 Å². The Morgan fingerprint density at radius 1 is 1.03 bits per heavy atom. The lowest BCUT2D eigenvalue weighted by atomic mass is 9.82. The molecule has 0 aliphatic carbocycles. The molecule has 3 aromatic rings. The minimum atomic E-state index is 0.338. The Morgan fingerprint density at radius 2 is 1.78 bits per heavy atom. The van der Waals surface area contributed by atoms with Crippen LogP contribution in [0.1, 0.15) is 49.1 Å². The molecular weight excluding hydrogens is 450 g/mol. The average Bonchev–Trinajstić information content (AvgIpc) is 2.87. The number of hydrogen-bond acceptors (Lipinski definition) is 6. The van der Waals surface area contributed by atoms with Crippen LogP contribution in [-0.2, 0) is 17.6 Å². The number of aromatic nitrogens is 2. The predicted molar refractivity (Wildman–Crippen MR) is 144 cm³/mol. The van der Waals surface area contributed by atoms with Crippen LogP contribution in [0.25, 0.3) is 11.3 Å². The van der Waals surface area contributed by atoms with Gasteiger partial charge < -0.3 is 19.2 Å².